The van der Waals surface area contributed by atoms with E-state index < -0.39 is 5.41 Å². The van der Waals surface area contributed by atoms with E-state index in [0.717, 1.165) is 11.3 Å². The highest BCUT2D eigenvalue weighted by Crippen LogP contribution is 2.36. The van der Waals surface area contributed by atoms with Crippen LogP contribution in [0.15, 0.2) is 53.2 Å². The number of H-pyrrole nitrogens is 1. The molecule has 1 atom stereocenters. The molecule has 1 unspecified atom stereocenters. The van der Waals surface area contributed by atoms with Crippen molar-refractivity contribution in [2.24, 2.45) is 5.41 Å². The number of aromatic amines is 1. The van der Waals surface area contributed by atoms with Gasteiger partial charge in [0.05, 0.1) is 5.41 Å². The number of aromatic nitrogens is 3. The minimum Gasteiger partial charge on any atom is -0.361 e. The number of nitrogens with one attached hydrogen (secondary N) is 2. The van der Waals surface area contributed by atoms with Gasteiger partial charge < -0.3 is 14.7 Å². The number of carbonyl (C=O) groups excluding carboxylic acids is 2. The van der Waals surface area contributed by atoms with E-state index in [-0.39, 0.29) is 11.8 Å². The Morgan fingerprint density at radius 3 is 2.82 bits per heavy atom. The fraction of sp³-hybridized carbons (Fsp3) is 0.300. The van der Waals surface area contributed by atoms with Crippen molar-refractivity contribution < 1.29 is 14.1 Å². The van der Waals surface area contributed by atoms with Gasteiger partial charge in [0, 0.05) is 44.4 Å². The summed E-state index contributed by atoms with van der Waals surface area (Å²) in [5.74, 6) is 0.356. The van der Waals surface area contributed by atoms with Crippen LogP contribution in [0.5, 0.6) is 0 Å². The van der Waals surface area contributed by atoms with Gasteiger partial charge in [-0.05, 0) is 12.5 Å². The Morgan fingerprint density at radius 2 is 2.11 bits per heavy atom. The second-order valence-electron chi connectivity index (χ2n) is 7.03. The molecule has 2 aromatic heterocycles. The normalized spacial score (nSPS) is 19.0. The molecule has 8 heteroatoms. The summed E-state index contributed by atoms with van der Waals surface area (Å²) in [5.41, 5.74) is 1.34. The lowest BCUT2D eigenvalue weighted by molar-refractivity contribution is -0.130. The highest BCUT2D eigenvalue weighted by Gasteiger charge is 2.46. The van der Waals surface area contributed by atoms with Gasteiger partial charge in [-0.15, -0.1) is 0 Å². The molecule has 2 amide bonds. The van der Waals surface area contributed by atoms with Gasteiger partial charge in [0.15, 0.2) is 0 Å². The van der Waals surface area contributed by atoms with E-state index in [1.54, 1.807) is 18.0 Å². The molecule has 1 aliphatic rings. The van der Waals surface area contributed by atoms with Crippen molar-refractivity contribution >= 4 is 11.8 Å². The van der Waals surface area contributed by atoms with E-state index in [1.807, 2.05) is 36.4 Å². The van der Waals surface area contributed by atoms with E-state index in [4.69, 9.17) is 4.52 Å². The van der Waals surface area contributed by atoms with Crippen LogP contribution in [0.2, 0.25) is 0 Å². The number of amides is 2. The quantitative estimate of drug-likeness (QED) is 0.704. The molecule has 28 heavy (non-hydrogen) atoms. The van der Waals surface area contributed by atoms with Crippen LogP contribution in [0.25, 0.3) is 11.3 Å². The molecule has 2 N–H and O–H groups in total. The first-order chi connectivity index (χ1) is 13.6. The molecule has 1 aromatic carbocycles. The maximum Gasteiger partial charge on any atom is 0.271 e. The molecule has 144 valence electrons. The Balaban J connectivity index is 1.55. The maximum absolute atomic E-state index is 12.7. The summed E-state index contributed by atoms with van der Waals surface area (Å²) in [6.45, 7) is 0.802. The lowest BCUT2D eigenvalue weighted by Gasteiger charge is -2.26. The molecule has 3 heterocycles. The van der Waals surface area contributed by atoms with Gasteiger partial charge in [0.2, 0.25) is 5.91 Å². The molecule has 8 nitrogen and oxygen atoms in total. The second kappa shape index (κ2) is 7.30. The zero-order valence-corrected chi connectivity index (χ0v) is 15.5. The third-order valence-corrected chi connectivity index (χ3v) is 5.22. The van der Waals surface area contributed by atoms with Crippen molar-refractivity contribution in [2.75, 3.05) is 20.1 Å². The van der Waals surface area contributed by atoms with Gasteiger partial charge in [0.25, 0.3) is 5.91 Å². The number of nitrogens with zero attached hydrogens (tertiary/aromatic N) is 3. The highest BCUT2D eigenvalue weighted by molar-refractivity contribution is 5.93. The molecule has 0 spiro atoms. The lowest BCUT2D eigenvalue weighted by atomic mass is 9.81. The Labute approximate surface area is 161 Å². The van der Waals surface area contributed by atoms with Crippen LogP contribution in [-0.2, 0) is 11.2 Å². The number of likely N-dealkylation sites (tertiary alicyclic amines) is 1. The smallest absolute Gasteiger partial charge is 0.271 e. The van der Waals surface area contributed by atoms with Crippen LogP contribution < -0.4 is 5.32 Å². The minimum atomic E-state index is -0.752. The summed E-state index contributed by atoms with van der Waals surface area (Å²) in [6, 6.07) is 13.2. The van der Waals surface area contributed by atoms with Crippen LogP contribution in [0.3, 0.4) is 0 Å². The number of hydrogen-bond donors (Lipinski definition) is 2. The van der Waals surface area contributed by atoms with Crippen molar-refractivity contribution in [2.45, 2.75) is 12.8 Å². The number of hydrogen-bond acceptors (Lipinski definition) is 5. The molecule has 0 radical (unpaired) electrons. The Kier molecular flexibility index (Phi) is 4.68. The van der Waals surface area contributed by atoms with Crippen molar-refractivity contribution in [3.8, 4) is 11.3 Å². The van der Waals surface area contributed by atoms with Gasteiger partial charge in [-0.3, -0.25) is 14.7 Å². The lowest BCUT2D eigenvalue weighted by Crippen LogP contribution is -2.44. The van der Waals surface area contributed by atoms with Gasteiger partial charge in [-0.1, -0.05) is 35.5 Å². The molecule has 1 saturated heterocycles. The standard InChI is InChI=1S/C20H21N5O3/c1-21-19(27)20(8-10-25(13-20)18(26)16-7-9-22-23-16)12-15-11-17(24-28-15)14-5-3-2-4-6-14/h2-7,9,11H,8,10,12-13H2,1H3,(H,21,27)(H,22,23). The molecule has 0 saturated carbocycles. The maximum atomic E-state index is 12.7. The fourth-order valence-electron chi connectivity index (χ4n) is 3.74. The van der Waals surface area contributed by atoms with E-state index >= 15 is 0 Å². The van der Waals surface area contributed by atoms with Gasteiger partial charge in [-0.2, -0.15) is 5.10 Å². The topological polar surface area (TPSA) is 104 Å². The molecular weight excluding hydrogens is 358 g/mol. The fourth-order valence-corrected chi connectivity index (χ4v) is 3.74. The number of carbonyl (C=O) groups is 2. The van der Waals surface area contributed by atoms with Gasteiger partial charge >= 0.3 is 0 Å². The van der Waals surface area contributed by atoms with E-state index in [0.29, 0.717) is 37.4 Å². The van der Waals surface area contributed by atoms with Gasteiger partial charge in [0.1, 0.15) is 17.1 Å². The van der Waals surface area contributed by atoms with Crippen LogP contribution in [0.4, 0.5) is 0 Å². The molecule has 1 aliphatic heterocycles. The van der Waals surface area contributed by atoms with Crippen molar-refractivity contribution in [1.29, 1.82) is 0 Å². The zero-order valence-electron chi connectivity index (χ0n) is 15.5. The van der Waals surface area contributed by atoms with E-state index in [9.17, 15) is 9.59 Å². The minimum absolute atomic E-state index is 0.106. The Bertz CT molecular complexity index is 967. The summed E-state index contributed by atoms with van der Waals surface area (Å²) in [4.78, 5) is 27.1. The predicted octanol–water partition coefficient (Wildman–Crippen LogP) is 1.89. The molecule has 1 fully saturated rings. The van der Waals surface area contributed by atoms with Gasteiger partial charge in [-0.25, -0.2) is 0 Å². The van der Waals surface area contributed by atoms with Crippen molar-refractivity contribution in [3.63, 3.8) is 0 Å². The summed E-state index contributed by atoms with van der Waals surface area (Å²) in [5, 5.41) is 13.4. The summed E-state index contributed by atoms with van der Waals surface area (Å²) in [7, 11) is 1.61. The highest BCUT2D eigenvalue weighted by atomic mass is 16.5. The largest absolute Gasteiger partial charge is 0.361 e. The average molecular weight is 379 g/mol. The first-order valence-corrected chi connectivity index (χ1v) is 9.13. The number of benzene rings is 1. The van der Waals surface area contributed by atoms with Crippen LogP contribution in [0, 0.1) is 5.41 Å². The molecule has 0 bridgehead atoms. The molecule has 0 aliphatic carbocycles. The third-order valence-electron chi connectivity index (χ3n) is 5.22. The molecule has 3 aromatic rings. The predicted molar refractivity (Wildman–Crippen MR) is 101 cm³/mol. The van der Waals surface area contributed by atoms with E-state index in [2.05, 4.69) is 20.7 Å². The summed E-state index contributed by atoms with van der Waals surface area (Å²) >= 11 is 0. The Morgan fingerprint density at radius 1 is 1.29 bits per heavy atom. The third kappa shape index (κ3) is 3.28. The molecule has 4 rings (SSSR count). The van der Waals surface area contributed by atoms with Crippen LogP contribution >= 0.6 is 0 Å². The summed E-state index contributed by atoms with van der Waals surface area (Å²) < 4.78 is 5.52. The van der Waals surface area contributed by atoms with Crippen molar-refractivity contribution in [3.05, 3.63) is 60.1 Å². The van der Waals surface area contributed by atoms with Crippen LogP contribution in [0.1, 0.15) is 22.7 Å². The monoisotopic (exact) mass is 379 g/mol. The first-order valence-electron chi connectivity index (χ1n) is 9.13. The summed E-state index contributed by atoms with van der Waals surface area (Å²) in [6.07, 6.45) is 2.46. The van der Waals surface area contributed by atoms with Crippen LogP contribution in [-0.4, -0.2) is 52.2 Å². The van der Waals surface area contributed by atoms with Crippen molar-refractivity contribution in [1.82, 2.24) is 25.6 Å². The average Bonchev–Trinajstić information content (AvgIpc) is 3.49. The molecular formula is C20H21N5O3. The van der Waals surface area contributed by atoms with E-state index in [1.165, 1.54) is 6.20 Å². The SMILES string of the molecule is CNC(=O)C1(Cc2cc(-c3ccccc3)no2)CCN(C(=O)c2ccn[nH]2)C1. The zero-order chi connectivity index (χ0) is 19.6. The second-order valence-corrected chi connectivity index (χ2v) is 7.03. The first kappa shape index (κ1) is 18.0. The number of rotatable bonds is 5. The Hall–Kier alpha value is -3.42.